The van der Waals surface area contributed by atoms with Gasteiger partial charge in [-0.2, -0.15) is 0 Å². The van der Waals surface area contributed by atoms with Crippen molar-refractivity contribution in [1.82, 2.24) is 4.98 Å². The number of carbonyl (C=O) groups excluding carboxylic acids is 1. The van der Waals surface area contributed by atoms with Crippen LogP contribution in [0.3, 0.4) is 0 Å². The highest BCUT2D eigenvalue weighted by molar-refractivity contribution is 14.1. The van der Waals surface area contributed by atoms with Crippen molar-refractivity contribution in [2.24, 2.45) is 0 Å². The molecule has 0 saturated carbocycles. The molecule has 7 heteroatoms. The molecule has 2 N–H and O–H groups in total. The van der Waals surface area contributed by atoms with Crippen LogP contribution in [-0.2, 0) is 0 Å². The number of nitrogens with zero attached hydrogens (tertiary/aromatic N) is 1. The Bertz CT molecular complexity index is 691. The van der Waals surface area contributed by atoms with Crippen LogP contribution in [0.25, 0.3) is 0 Å². The van der Waals surface area contributed by atoms with Gasteiger partial charge in [0.05, 0.1) is 5.69 Å². The molecule has 0 unspecified atom stereocenters. The van der Waals surface area contributed by atoms with Crippen molar-refractivity contribution in [1.29, 1.82) is 0 Å². The summed E-state index contributed by atoms with van der Waals surface area (Å²) in [6, 6.07) is 7.73. The highest BCUT2D eigenvalue weighted by atomic mass is 127. The van der Waals surface area contributed by atoms with Gasteiger partial charge in [-0.3, -0.25) is 4.79 Å². The van der Waals surface area contributed by atoms with Gasteiger partial charge in [0.15, 0.2) is 0 Å². The largest absolute Gasteiger partial charge is 0.477 e. The summed E-state index contributed by atoms with van der Waals surface area (Å²) in [5.74, 6) is -1.59. The van der Waals surface area contributed by atoms with E-state index < -0.39 is 11.9 Å². The molecule has 20 heavy (non-hydrogen) atoms. The summed E-state index contributed by atoms with van der Waals surface area (Å²) in [6.45, 7) is 0. The summed E-state index contributed by atoms with van der Waals surface area (Å²) in [7, 11) is 0. The second-order valence-corrected chi connectivity index (χ2v) is 5.41. The van der Waals surface area contributed by atoms with Gasteiger partial charge < -0.3 is 10.4 Å². The molecular weight excluding hydrogens is 395 g/mol. The molecule has 0 aliphatic rings. The van der Waals surface area contributed by atoms with Crippen LogP contribution in [-0.4, -0.2) is 22.0 Å². The summed E-state index contributed by atoms with van der Waals surface area (Å²) < 4.78 is 0.788. The van der Waals surface area contributed by atoms with Crippen molar-refractivity contribution in [3.05, 3.63) is 56.4 Å². The Kier molecular flexibility index (Phi) is 4.56. The molecule has 0 bridgehead atoms. The fourth-order valence-electron chi connectivity index (χ4n) is 1.47. The fourth-order valence-corrected chi connectivity index (χ4v) is 2.48. The smallest absolute Gasteiger partial charge is 0.354 e. The summed E-state index contributed by atoms with van der Waals surface area (Å²) in [6.07, 6.45) is 1.28. The van der Waals surface area contributed by atoms with Gasteiger partial charge in [-0.1, -0.05) is 11.6 Å². The third-order valence-corrected chi connectivity index (χ3v) is 3.55. The maximum absolute atomic E-state index is 12.1. The molecule has 102 valence electrons. The van der Waals surface area contributed by atoms with E-state index in [0.717, 1.165) is 3.57 Å². The predicted octanol–water partition coefficient (Wildman–Crippen LogP) is 3.29. The predicted molar refractivity (Wildman–Crippen MR) is 83.3 cm³/mol. The van der Waals surface area contributed by atoms with E-state index in [9.17, 15) is 9.59 Å². The number of anilines is 1. The maximum atomic E-state index is 12.1. The van der Waals surface area contributed by atoms with Crippen LogP contribution in [0.1, 0.15) is 20.8 Å². The number of hydrogen-bond acceptors (Lipinski definition) is 3. The van der Waals surface area contributed by atoms with Gasteiger partial charge in [0.1, 0.15) is 5.69 Å². The molecule has 0 fully saturated rings. The van der Waals surface area contributed by atoms with Gasteiger partial charge in [-0.05, 0) is 52.9 Å². The molecule has 0 radical (unpaired) electrons. The number of amides is 1. The first kappa shape index (κ1) is 14.7. The first-order valence-electron chi connectivity index (χ1n) is 5.43. The lowest BCUT2D eigenvalue weighted by Crippen LogP contribution is -2.14. The number of benzene rings is 1. The second-order valence-electron chi connectivity index (χ2n) is 3.81. The minimum atomic E-state index is -1.18. The minimum absolute atomic E-state index is 0.177. The number of carboxylic acid groups (broad SMARTS) is 1. The van der Waals surface area contributed by atoms with E-state index in [1.807, 2.05) is 0 Å². The lowest BCUT2D eigenvalue weighted by Gasteiger charge is -2.08. The molecule has 0 aliphatic carbocycles. The number of pyridine rings is 1. The number of aromatic carboxylic acids is 1. The van der Waals surface area contributed by atoms with Crippen molar-refractivity contribution < 1.29 is 14.7 Å². The topological polar surface area (TPSA) is 79.3 Å². The molecule has 2 aromatic rings. The first-order chi connectivity index (χ1) is 9.47. The number of rotatable bonds is 3. The molecule has 1 aromatic carbocycles. The van der Waals surface area contributed by atoms with E-state index in [1.165, 1.54) is 18.3 Å². The van der Waals surface area contributed by atoms with Gasteiger partial charge in [0, 0.05) is 20.4 Å². The number of halogens is 2. The van der Waals surface area contributed by atoms with Gasteiger partial charge >= 0.3 is 5.97 Å². The molecule has 1 aromatic heterocycles. The van der Waals surface area contributed by atoms with Crippen LogP contribution >= 0.6 is 34.2 Å². The average molecular weight is 403 g/mol. The molecule has 0 aliphatic heterocycles. The van der Waals surface area contributed by atoms with Crippen LogP contribution in [0.2, 0.25) is 5.02 Å². The summed E-state index contributed by atoms with van der Waals surface area (Å²) in [5, 5.41) is 12.1. The molecule has 2 rings (SSSR count). The summed E-state index contributed by atoms with van der Waals surface area (Å²) in [5.41, 5.74) is 0.653. The van der Waals surface area contributed by atoms with E-state index in [1.54, 1.807) is 18.2 Å². The Labute approximate surface area is 133 Å². The van der Waals surface area contributed by atoms with Crippen molar-refractivity contribution in [2.75, 3.05) is 5.32 Å². The Morgan fingerprint density at radius 1 is 1.25 bits per heavy atom. The third-order valence-electron chi connectivity index (χ3n) is 2.42. The zero-order valence-electron chi connectivity index (χ0n) is 9.93. The average Bonchev–Trinajstić information content (AvgIpc) is 2.42. The normalized spacial score (nSPS) is 10.1. The minimum Gasteiger partial charge on any atom is -0.477 e. The quantitative estimate of drug-likeness (QED) is 0.772. The number of hydrogen-bond donors (Lipinski definition) is 2. The second kappa shape index (κ2) is 6.19. The highest BCUT2D eigenvalue weighted by Crippen LogP contribution is 2.22. The lowest BCUT2D eigenvalue weighted by atomic mass is 10.2. The standard InChI is InChI=1S/C13H8ClIN2O3/c14-8-1-2-10(9(15)6-8)17-12(18)7-3-4-16-11(5-7)13(19)20/h1-6H,(H,17,18)(H,19,20). The van der Waals surface area contributed by atoms with Crippen molar-refractivity contribution in [3.8, 4) is 0 Å². The Hall–Kier alpha value is -1.67. The highest BCUT2D eigenvalue weighted by Gasteiger charge is 2.12. The Morgan fingerprint density at radius 2 is 2.00 bits per heavy atom. The molecule has 0 spiro atoms. The zero-order chi connectivity index (χ0) is 14.7. The van der Waals surface area contributed by atoms with Crippen LogP contribution in [0, 0.1) is 3.57 Å². The van der Waals surface area contributed by atoms with Gasteiger partial charge in [-0.25, -0.2) is 9.78 Å². The molecular formula is C13H8ClIN2O3. The van der Waals surface area contributed by atoms with Crippen LogP contribution < -0.4 is 5.32 Å². The van der Waals surface area contributed by atoms with E-state index in [2.05, 4.69) is 32.9 Å². The molecule has 0 atom stereocenters. The molecule has 1 amide bonds. The summed E-state index contributed by atoms with van der Waals surface area (Å²) in [4.78, 5) is 26.5. The van der Waals surface area contributed by atoms with Crippen LogP contribution in [0.5, 0.6) is 0 Å². The van der Waals surface area contributed by atoms with Crippen molar-refractivity contribution in [3.63, 3.8) is 0 Å². The Balaban J connectivity index is 2.24. The number of carbonyl (C=O) groups is 2. The van der Waals surface area contributed by atoms with E-state index >= 15 is 0 Å². The van der Waals surface area contributed by atoms with Crippen molar-refractivity contribution >= 4 is 51.8 Å². The Morgan fingerprint density at radius 3 is 2.65 bits per heavy atom. The lowest BCUT2D eigenvalue weighted by molar-refractivity contribution is 0.0690. The van der Waals surface area contributed by atoms with Crippen LogP contribution in [0.15, 0.2) is 36.5 Å². The molecule has 5 nitrogen and oxygen atoms in total. The SMILES string of the molecule is O=C(Nc1ccc(Cl)cc1I)c1ccnc(C(=O)O)c1. The maximum Gasteiger partial charge on any atom is 0.354 e. The molecule has 1 heterocycles. The summed E-state index contributed by atoms with van der Waals surface area (Å²) >= 11 is 7.89. The number of nitrogens with one attached hydrogen (secondary N) is 1. The van der Waals surface area contributed by atoms with Crippen molar-refractivity contribution in [2.45, 2.75) is 0 Å². The van der Waals surface area contributed by atoms with Gasteiger partial charge in [0.25, 0.3) is 5.91 Å². The van der Waals surface area contributed by atoms with Crippen LogP contribution in [0.4, 0.5) is 5.69 Å². The number of carboxylic acids is 1. The van der Waals surface area contributed by atoms with E-state index in [0.29, 0.717) is 10.7 Å². The van der Waals surface area contributed by atoms with E-state index in [-0.39, 0.29) is 11.3 Å². The van der Waals surface area contributed by atoms with Gasteiger partial charge in [-0.15, -0.1) is 0 Å². The monoisotopic (exact) mass is 402 g/mol. The fraction of sp³-hybridized carbons (Fsp3) is 0. The third kappa shape index (κ3) is 3.45. The zero-order valence-corrected chi connectivity index (χ0v) is 12.8. The van der Waals surface area contributed by atoms with Gasteiger partial charge in [0.2, 0.25) is 0 Å². The number of aromatic nitrogens is 1. The molecule has 0 saturated heterocycles. The van der Waals surface area contributed by atoms with E-state index in [4.69, 9.17) is 16.7 Å². The first-order valence-corrected chi connectivity index (χ1v) is 6.89.